The summed E-state index contributed by atoms with van der Waals surface area (Å²) in [6, 6.07) is 3.74. The summed E-state index contributed by atoms with van der Waals surface area (Å²) in [4.78, 5) is 3.53. The van der Waals surface area contributed by atoms with Gasteiger partial charge in [-0.05, 0) is 12.1 Å². The second kappa shape index (κ2) is 4.75. The number of rotatable bonds is 4. The van der Waals surface area contributed by atoms with Crippen molar-refractivity contribution in [3.63, 3.8) is 0 Å². The quantitative estimate of drug-likeness (QED) is 0.866. The molecular formula is C10H10FN3O3S. The summed E-state index contributed by atoms with van der Waals surface area (Å²) >= 11 is 0. The van der Waals surface area contributed by atoms with E-state index in [4.69, 9.17) is 10.2 Å². The first kappa shape index (κ1) is 12.5. The van der Waals surface area contributed by atoms with Crippen LogP contribution < -0.4 is 10.5 Å². The van der Waals surface area contributed by atoms with Crippen LogP contribution in [0.2, 0.25) is 0 Å². The lowest BCUT2D eigenvalue weighted by Gasteiger charge is -2.04. The Bertz CT molecular complexity index is 654. The van der Waals surface area contributed by atoms with E-state index in [0.717, 1.165) is 12.3 Å². The van der Waals surface area contributed by atoms with Gasteiger partial charge in [0, 0.05) is 6.07 Å². The largest absolute Gasteiger partial charge is 0.446 e. The third-order valence-electron chi connectivity index (χ3n) is 2.06. The fourth-order valence-corrected chi connectivity index (χ4v) is 2.27. The van der Waals surface area contributed by atoms with Gasteiger partial charge in [-0.15, -0.1) is 0 Å². The van der Waals surface area contributed by atoms with E-state index < -0.39 is 15.8 Å². The van der Waals surface area contributed by atoms with Gasteiger partial charge < -0.3 is 10.2 Å². The van der Waals surface area contributed by atoms with Gasteiger partial charge >= 0.3 is 0 Å². The van der Waals surface area contributed by atoms with E-state index >= 15 is 0 Å². The molecular weight excluding hydrogens is 261 g/mol. The first-order valence-electron chi connectivity index (χ1n) is 4.93. The highest BCUT2D eigenvalue weighted by Gasteiger charge is 2.19. The van der Waals surface area contributed by atoms with Crippen molar-refractivity contribution >= 4 is 15.7 Å². The molecule has 0 aromatic carbocycles. The van der Waals surface area contributed by atoms with E-state index in [2.05, 4.69) is 9.71 Å². The number of aromatic nitrogens is 1. The molecule has 0 aliphatic carbocycles. The Morgan fingerprint density at radius 2 is 2.17 bits per heavy atom. The van der Waals surface area contributed by atoms with Gasteiger partial charge in [-0.1, -0.05) is 0 Å². The summed E-state index contributed by atoms with van der Waals surface area (Å²) in [7, 11) is -3.90. The summed E-state index contributed by atoms with van der Waals surface area (Å²) in [6.45, 7) is 0.0943. The minimum atomic E-state index is -3.90. The van der Waals surface area contributed by atoms with Gasteiger partial charge in [0.25, 0.3) is 10.0 Å². The molecule has 0 saturated carbocycles. The van der Waals surface area contributed by atoms with Crippen LogP contribution in [-0.4, -0.2) is 13.4 Å². The Hall–Kier alpha value is -1.93. The molecule has 0 saturated heterocycles. The summed E-state index contributed by atoms with van der Waals surface area (Å²) < 4.78 is 43.7. The molecule has 2 aromatic heterocycles. The molecule has 2 heterocycles. The Balaban J connectivity index is 2.27. The maximum absolute atomic E-state index is 12.9. The minimum Gasteiger partial charge on any atom is -0.446 e. The number of furan rings is 1. The average Bonchev–Trinajstić information content (AvgIpc) is 2.77. The highest BCUT2D eigenvalue weighted by Crippen LogP contribution is 2.18. The summed E-state index contributed by atoms with van der Waals surface area (Å²) in [5, 5.41) is -0.285. The molecule has 0 aliphatic heterocycles. The molecule has 2 rings (SSSR count). The van der Waals surface area contributed by atoms with Crippen molar-refractivity contribution in [2.24, 2.45) is 5.73 Å². The molecule has 0 radical (unpaired) electrons. The highest BCUT2D eigenvalue weighted by molar-refractivity contribution is 7.92. The molecule has 3 N–H and O–H groups in total. The van der Waals surface area contributed by atoms with Crippen LogP contribution in [0.3, 0.4) is 0 Å². The zero-order chi connectivity index (χ0) is 13.2. The van der Waals surface area contributed by atoms with E-state index in [0.29, 0.717) is 5.76 Å². The van der Waals surface area contributed by atoms with E-state index in [-0.39, 0.29) is 17.3 Å². The first-order chi connectivity index (χ1) is 8.51. The van der Waals surface area contributed by atoms with E-state index in [1.54, 1.807) is 0 Å². The summed E-state index contributed by atoms with van der Waals surface area (Å²) in [5.74, 6) is -0.301. The van der Waals surface area contributed by atoms with Crippen LogP contribution in [0.4, 0.5) is 10.1 Å². The number of pyridine rings is 1. The number of hydrogen-bond acceptors (Lipinski definition) is 5. The molecule has 6 nitrogen and oxygen atoms in total. The maximum atomic E-state index is 12.9. The van der Waals surface area contributed by atoms with Crippen molar-refractivity contribution in [3.8, 4) is 0 Å². The van der Waals surface area contributed by atoms with Crippen molar-refractivity contribution in [1.29, 1.82) is 0 Å². The monoisotopic (exact) mass is 271 g/mol. The molecule has 2 aromatic rings. The topological polar surface area (TPSA) is 98.2 Å². The van der Waals surface area contributed by atoms with Crippen molar-refractivity contribution in [2.45, 2.75) is 11.6 Å². The van der Waals surface area contributed by atoms with E-state index in [1.807, 2.05) is 0 Å². The average molecular weight is 271 g/mol. The molecule has 0 amide bonds. The zero-order valence-electron chi connectivity index (χ0n) is 9.13. The molecule has 0 bridgehead atoms. The molecule has 0 unspecified atom stereocenters. The number of nitrogens with one attached hydrogen (secondary N) is 1. The van der Waals surface area contributed by atoms with Gasteiger partial charge in [0.2, 0.25) is 5.09 Å². The lowest BCUT2D eigenvalue weighted by atomic mass is 10.4. The van der Waals surface area contributed by atoms with Gasteiger partial charge in [-0.25, -0.2) is 4.39 Å². The normalized spacial score (nSPS) is 11.4. The summed E-state index contributed by atoms with van der Waals surface area (Å²) in [5.41, 5.74) is 5.32. The fraction of sp³-hybridized carbons (Fsp3) is 0.100. The minimum absolute atomic E-state index is 0.0145. The standard InChI is InChI=1S/C10H10FN3O3S/c11-7-3-8(6-13-5-7)14-18(15,16)10-2-1-9(4-12)17-10/h1-3,5-6,14H,4,12H2. The number of nitrogens with two attached hydrogens (primary N) is 1. The Kier molecular flexibility index (Phi) is 3.30. The van der Waals surface area contributed by atoms with Crippen LogP contribution in [0.25, 0.3) is 0 Å². The van der Waals surface area contributed by atoms with Crippen molar-refractivity contribution in [2.75, 3.05) is 4.72 Å². The molecule has 0 aliphatic rings. The third-order valence-corrected chi connectivity index (χ3v) is 3.31. The van der Waals surface area contributed by atoms with Crippen LogP contribution in [0.15, 0.2) is 40.1 Å². The lowest BCUT2D eigenvalue weighted by molar-refractivity contribution is 0.417. The fourth-order valence-electron chi connectivity index (χ4n) is 1.29. The third kappa shape index (κ3) is 2.66. The van der Waals surface area contributed by atoms with Crippen LogP contribution in [0.5, 0.6) is 0 Å². The predicted molar refractivity (Wildman–Crippen MR) is 61.6 cm³/mol. The molecule has 8 heteroatoms. The maximum Gasteiger partial charge on any atom is 0.295 e. The molecule has 0 atom stereocenters. The van der Waals surface area contributed by atoms with Crippen molar-refractivity contribution < 1.29 is 17.2 Å². The second-order valence-corrected chi connectivity index (χ2v) is 5.04. The molecule has 96 valence electrons. The van der Waals surface area contributed by atoms with Crippen molar-refractivity contribution in [1.82, 2.24) is 4.98 Å². The Morgan fingerprint density at radius 3 is 2.78 bits per heavy atom. The van der Waals surface area contributed by atoms with Gasteiger partial charge in [0.1, 0.15) is 11.6 Å². The highest BCUT2D eigenvalue weighted by atomic mass is 32.2. The van der Waals surface area contributed by atoms with Crippen LogP contribution in [-0.2, 0) is 16.6 Å². The van der Waals surface area contributed by atoms with Gasteiger partial charge in [0.15, 0.2) is 0 Å². The smallest absolute Gasteiger partial charge is 0.295 e. The van der Waals surface area contributed by atoms with Gasteiger partial charge in [0.05, 0.1) is 24.6 Å². The second-order valence-electron chi connectivity index (χ2n) is 3.42. The number of halogens is 1. The lowest BCUT2D eigenvalue weighted by Crippen LogP contribution is -2.12. The van der Waals surface area contributed by atoms with Gasteiger partial charge in [-0.3, -0.25) is 9.71 Å². The summed E-state index contributed by atoms with van der Waals surface area (Å²) in [6.07, 6.45) is 2.16. The van der Waals surface area contributed by atoms with Crippen LogP contribution in [0, 0.1) is 5.82 Å². The van der Waals surface area contributed by atoms with Gasteiger partial charge in [-0.2, -0.15) is 8.42 Å². The Labute approximate surface area is 103 Å². The number of nitrogens with zero attached hydrogens (tertiary/aromatic N) is 1. The van der Waals surface area contributed by atoms with Crippen LogP contribution >= 0.6 is 0 Å². The predicted octanol–water partition coefficient (Wildman–Crippen LogP) is 1.07. The van der Waals surface area contributed by atoms with E-state index in [9.17, 15) is 12.8 Å². The molecule has 0 spiro atoms. The zero-order valence-corrected chi connectivity index (χ0v) is 9.95. The first-order valence-corrected chi connectivity index (χ1v) is 6.42. The molecule has 18 heavy (non-hydrogen) atoms. The SMILES string of the molecule is NCc1ccc(S(=O)(=O)Nc2cncc(F)c2)o1. The Morgan fingerprint density at radius 1 is 1.39 bits per heavy atom. The number of hydrogen-bond donors (Lipinski definition) is 2. The number of anilines is 1. The number of sulfonamides is 1. The van der Waals surface area contributed by atoms with E-state index in [1.165, 1.54) is 18.3 Å². The van der Waals surface area contributed by atoms with Crippen molar-refractivity contribution in [3.05, 3.63) is 42.2 Å². The molecule has 0 fully saturated rings. The van der Waals surface area contributed by atoms with Crippen LogP contribution in [0.1, 0.15) is 5.76 Å².